The zero-order chi connectivity index (χ0) is 17.3. The molecule has 0 unspecified atom stereocenters. The van der Waals surface area contributed by atoms with Crippen LogP contribution < -0.4 is 4.74 Å². The van der Waals surface area contributed by atoms with E-state index in [-0.39, 0.29) is 16.7 Å². The van der Waals surface area contributed by atoms with Crippen molar-refractivity contribution in [2.45, 2.75) is 19.1 Å². The third-order valence-corrected chi connectivity index (χ3v) is 3.01. The highest BCUT2D eigenvalue weighted by Gasteiger charge is 2.34. The molecule has 2 aromatic carbocycles. The van der Waals surface area contributed by atoms with E-state index in [0.29, 0.717) is 0 Å². The lowest BCUT2D eigenvalue weighted by atomic mass is 9.98. The second kappa shape index (κ2) is 6.11. The maximum absolute atomic E-state index is 13.0. The van der Waals surface area contributed by atoms with Gasteiger partial charge in [-0.1, -0.05) is 30.3 Å². The number of ether oxygens (including phenoxy) is 1. The van der Waals surface area contributed by atoms with Crippen molar-refractivity contribution in [3.05, 3.63) is 53.6 Å². The van der Waals surface area contributed by atoms with E-state index < -0.39 is 30.5 Å². The van der Waals surface area contributed by atoms with Gasteiger partial charge in [0.15, 0.2) is 0 Å². The van der Waals surface area contributed by atoms with Crippen LogP contribution in [0.25, 0.3) is 11.1 Å². The smallest absolute Gasteiger partial charge is 0.405 e. The third-order valence-electron chi connectivity index (χ3n) is 3.01. The Balaban J connectivity index is 2.56. The fourth-order valence-electron chi connectivity index (χ4n) is 2.05. The van der Waals surface area contributed by atoms with Crippen LogP contribution in [-0.4, -0.2) is 11.5 Å². The summed E-state index contributed by atoms with van der Waals surface area (Å²) in [5, 5.41) is 9.03. The van der Waals surface area contributed by atoms with Crippen molar-refractivity contribution in [2.75, 3.05) is 0 Å². The first-order chi connectivity index (χ1) is 10.6. The van der Waals surface area contributed by atoms with Gasteiger partial charge in [-0.15, -0.1) is 13.2 Å². The van der Waals surface area contributed by atoms with Crippen LogP contribution in [0.4, 0.5) is 26.3 Å². The Labute approximate surface area is 126 Å². The number of rotatable bonds is 3. The second-order valence-electron chi connectivity index (χ2n) is 4.57. The van der Waals surface area contributed by atoms with Gasteiger partial charge in [0.2, 0.25) is 0 Å². The monoisotopic (exact) mass is 336 g/mol. The van der Waals surface area contributed by atoms with E-state index in [1.54, 1.807) is 0 Å². The molecule has 23 heavy (non-hydrogen) atoms. The number of hydrogen-bond acceptors (Lipinski definition) is 2. The molecule has 0 aliphatic carbocycles. The predicted molar refractivity (Wildman–Crippen MR) is 69.5 cm³/mol. The number of benzene rings is 2. The average molecular weight is 336 g/mol. The number of alkyl halides is 6. The number of halogens is 6. The van der Waals surface area contributed by atoms with Crippen LogP contribution in [0.2, 0.25) is 0 Å². The molecule has 0 heterocycles. The third kappa shape index (κ3) is 4.16. The van der Waals surface area contributed by atoms with Crippen LogP contribution in [0.15, 0.2) is 42.5 Å². The Morgan fingerprint density at radius 1 is 0.913 bits per heavy atom. The number of aliphatic hydroxyl groups is 1. The Morgan fingerprint density at radius 2 is 1.57 bits per heavy atom. The molecule has 0 saturated heterocycles. The number of hydrogen-bond donors (Lipinski definition) is 1. The predicted octanol–water partition coefficient (Wildman–Crippen LogP) is 4.76. The van der Waals surface area contributed by atoms with Crippen molar-refractivity contribution in [3.63, 3.8) is 0 Å². The SMILES string of the molecule is OCc1ccc(-c2ccccc2C(F)(F)F)cc1OC(F)(F)F. The van der Waals surface area contributed by atoms with Gasteiger partial charge in [0.05, 0.1) is 12.2 Å². The molecule has 0 aliphatic rings. The van der Waals surface area contributed by atoms with Crippen LogP contribution in [0.1, 0.15) is 11.1 Å². The van der Waals surface area contributed by atoms with Gasteiger partial charge in [0.1, 0.15) is 5.75 Å². The molecule has 0 amide bonds. The standard InChI is InChI=1S/C15H10F6O2/c16-14(17,18)12-4-2-1-3-11(12)9-5-6-10(8-22)13(7-9)23-15(19,20)21/h1-7,22H,8H2. The van der Waals surface area contributed by atoms with Crippen molar-refractivity contribution in [1.29, 1.82) is 0 Å². The lowest BCUT2D eigenvalue weighted by Gasteiger charge is -2.16. The Kier molecular flexibility index (Phi) is 4.56. The Bertz CT molecular complexity index is 691. The zero-order valence-electron chi connectivity index (χ0n) is 11.4. The maximum atomic E-state index is 13.0. The van der Waals surface area contributed by atoms with E-state index >= 15 is 0 Å². The van der Waals surface area contributed by atoms with Gasteiger partial charge in [-0.25, -0.2) is 0 Å². The largest absolute Gasteiger partial charge is 0.573 e. The molecule has 0 saturated carbocycles. The van der Waals surface area contributed by atoms with Gasteiger partial charge in [0, 0.05) is 5.56 Å². The normalized spacial score (nSPS) is 12.3. The second-order valence-corrected chi connectivity index (χ2v) is 4.57. The quantitative estimate of drug-likeness (QED) is 0.819. The molecule has 0 radical (unpaired) electrons. The minimum Gasteiger partial charge on any atom is -0.405 e. The number of aliphatic hydroxyl groups excluding tert-OH is 1. The van der Waals surface area contributed by atoms with Crippen LogP contribution in [0.3, 0.4) is 0 Å². The molecule has 0 fully saturated rings. The zero-order valence-corrected chi connectivity index (χ0v) is 11.4. The molecule has 8 heteroatoms. The van der Waals surface area contributed by atoms with Gasteiger partial charge < -0.3 is 9.84 Å². The highest BCUT2D eigenvalue weighted by molar-refractivity contribution is 5.70. The highest BCUT2D eigenvalue weighted by Crippen LogP contribution is 2.39. The fourth-order valence-corrected chi connectivity index (χ4v) is 2.05. The van der Waals surface area contributed by atoms with Crippen molar-refractivity contribution < 1.29 is 36.2 Å². The molecule has 0 bridgehead atoms. The minimum absolute atomic E-state index is 0.102. The summed E-state index contributed by atoms with van der Waals surface area (Å²) in [6, 6.07) is 7.61. The summed E-state index contributed by atoms with van der Waals surface area (Å²) in [5.74, 6) is -0.741. The molecular weight excluding hydrogens is 326 g/mol. The van der Waals surface area contributed by atoms with Crippen molar-refractivity contribution in [1.82, 2.24) is 0 Å². The molecule has 0 aliphatic heterocycles. The van der Waals surface area contributed by atoms with Crippen LogP contribution in [-0.2, 0) is 12.8 Å². The fraction of sp³-hybridized carbons (Fsp3) is 0.200. The first-order valence-corrected chi connectivity index (χ1v) is 6.28. The molecule has 0 spiro atoms. The van der Waals surface area contributed by atoms with Crippen LogP contribution in [0, 0.1) is 0 Å². The molecule has 2 nitrogen and oxygen atoms in total. The van der Waals surface area contributed by atoms with E-state index in [2.05, 4.69) is 4.74 Å². The van der Waals surface area contributed by atoms with E-state index in [1.807, 2.05) is 0 Å². The van der Waals surface area contributed by atoms with Crippen LogP contribution in [0.5, 0.6) is 5.75 Å². The van der Waals surface area contributed by atoms with Gasteiger partial charge in [0.25, 0.3) is 0 Å². The summed E-state index contributed by atoms with van der Waals surface area (Å²) in [7, 11) is 0. The van der Waals surface area contributed by atoms with Gasteiger partial charge >= 0.3 is 12.5 Å². The minimum atomic E-state index is -5.02. The van der Waals surface area contributed by atoms with Crippen LogP contribution >= 0.6 is 0 Å². The molecule has 0 aromatic heterocycles. The van der Waals surface area contributed by atoms with E-state index in [4.69, 9.17) is 5.11 Å². The van der Waals surface area contributed by atoms with Gasteiger partial charge in [-0.3, -0.25) is 0 Å². The summed E-state index contributed by atoms with van der Waals surface area (Å²) >= 11 is 0. The molecular formula is C15H10F6O2. The lowest BCUT2D eigenvalue weighted by Crippen LogP contribution is -2.18. The molecule has 1 N–H and O–H groups in total. The molecule has 0 atom stereocenters. The van der Waals surface area contributed by atoms with Crippen molar-refractivity contribution in [3.8, 4) is 16.9 Å². The van der Waals surface area contributed by atoms with Gasteiger partial charge in [-0.05, 0) is 23.3 Å². The highest BCUT2D eigenvalue weighted by atomic mass is 19.4. The van der Waals surface area contributed by atoms with Gasteiger partial charge in [-0.2, -0.15) is 13.2 Å². The first-order valence-electron chi connectivity index (χ1n) is 6.28. The summed E-state index contributed by atoms with van der Waals surface area (Å²) in [6.07, 6.45) is -9.68. The molecule has 124 valence electrons. The van der Waals surface area contributed by atoms with E-state index in [1.165, 1.54) is 18.2 Å². The Hall–Kier alpha value is -2.22. The summed E-state index contributed by atoms with van der Waals surface area (Å²) in [5.41, 5.74) is -1.55. The van der Waals surface area contributed by atoms with E-state index in [0.717, 1.165) is 24.3 Å². The molecule has 2 rings (SSSR count). The summed E-state index contributed by atoms with van der Waals surface area (Å²) in [4.78, 5) is 0. The Morgan fingerprint density at radius 3 is 2.13 bits per heavy atom. The maximum Gasteiger partial charge on any atom is 0.573 e. The average Bonchev–Trinajstić information content (AvgIpc) is 2.44. The molecule has 2 aromatic rings. The summed E-state index contributed by atoms with van der Waals surface area (Å²) < 4.78 is 79.9. The lowest BCUT2D eigenvalue weighted by molar-refractivity contribution is -0.275. The first kappa shape index (κ1) is 17.1. The topological polar surface area (TPSA) is 29.5 Å². The van der Waals surface area contributed by atoms with Crippen molar-refractivity contribution >= 4 is 0 Å². The van der Waals surface area contributed by atoms with Crippen molar-refractivity contribution in [2.24, 2.45) is 0 Å². The van der Waals surface area contributed by atoms with E-state index in [9.17, 15) is 26.3 Å². The summed E-state index contributed by atoms with van der Waals surface area (Å²) in [6.45, 7) is -0.743.